The smallest absolute Gasteiger partial charge is 0.222 e. The summed E-state index contributed by atoms with van der Waals surface area (Å²) in [6, 6.07) is 15.6. The zero-order valence-electron chi connectivity index (χ0n) is 13.9. The number of hydrogen-bond acceptors (Lipinski definition) is 3. The summed E-state index contributed by atoms with van der Waals surface area (Å²) in [5.41, 5.74) is 2.00. The van der Waals surface area contributed by atoms with Gasteiger partial charge in [0.15, 0.2) is 0 Å². The van der Waals surface area contributed by atoms with Crippen LogP contribution in [0.2, 0.25) is 0 Å². The largest absolute Gasteiger partial charge is 0.350 e. The normalized spacial score (nSPS) is 10.2. The Balaban J connectivity index is 1.74. The fraction of sp³-hybridized carbons (Fsp3) is 0.316. The van der Waals surface area contributed by atoms with Gasteiger partial charge >= 0.3 is 0 Å². The van der Waals surface area contributed by atoms with Crippen LogP contribution in [0, 0.1) is 0 Å². The molecule has 2 aromatic rings. The van der Waals surface area contributed by atoms with E-state index in [0.717, 1.165) is 12.1 Å². The first-order chi connectivity index (χ1) is 11.6. The molecule has 0 saturated carbocycles. The van der Waals surface area contributed by atoms with Gasteiger partial charge in [0, 0.05) is 32.6 Å². The molecular weight excluding hydrogens is 302 g/mol. The minimum Gasteiger partial charge on any atom is -0.350 e. The highest BCUT2D eigenvalue weighted by Gasteiger charge is 2.11. The van der Waals surface area contributed by atoms with E-state index in [0.29, 0.717) is 26.1 Å². The van der Waals surface area contributed by atoms with E-state index in [1.165, 1.54) is 12.5 Å². The van der Waals surface area contributed by atoms with Crippen LogP contribution in [0.4, 0.5) is 0 Å². The van der Waals surface area contributed by atoms with Crippen LogP contribution in [-0.4, -0.2) is 34.8 Å². The van der Waals surface area contributed by atoms with Crippen LogP contribution in [-0.2, 0) is 22.6 Å². The van der Waals surface area contributed by atoms with E-state index in [2.05, 4.69) is 10.3 Å². The maximum Gasteiger partial charge on any atom is 0.222 e. The van der Waals surface area contributed by atoms with Gasteiger partial charge in [-0.05, 0) is 24.1 Å². The highest BCUT2D eigenvalue weighted by molar-refractivity contribution is 5.77. The lowest BCUT2D eigenvalue weighted by molar-refractivity contribution is -0.129. The third-order valence-corrected chi connectivity index (χ3v) is 3.76. The van der Waals surface area contributed by atoms with Crippen LogP contribution in [0.25, 0.3) is 0 Å². The third-order valence-electron chi connectivity index (χ3n) is 3.76. The lowest BCUT2D eigenvalue weighted by Gasteiger charge is -2.20. The lowest BCUT2D eigenvalue weighted by atomic mass is 10.1. The summed E-state index contributed by atoms with van der Waals surface area (Å²) in [4.78, 5) is 29.6. The van der Waals surface area contributed by atoms with Crippen molar-refractivity contribution in [2.24, 2.45) is 0 Å². The Morgan fingerprint density at radius 3 is 2.46 bits per heavy atom. The van der Waals surface area contributed by atoms with E-state index in [1.807, 2.05) is 48.5 Å². The number of benzene rings is 1. The van der Waals surface area contributed by atoms with Crippen LogP contribution >= 0.6 is 0 Å². The molecule has 0 spiro atoms. The van der Waals surface area contributed by atoms with Crippen molar-refractivity contribution in [2.75, 3.05) is 13.1 Å². The van der Waals surface area contributed by atoms with Crippen molar-refractivity contribution in [1.29, 1.82) is 0 Å². The van der Waals surface area contributed by atoms with E-state index in [9.17, 15) is 9.59 Å². The Kier molecular flexibility index (Phi) is 6.95. The average Bonchev–Trinajstić information content (AvgIpc) is 2.61. The zero-order chi connectivity index (χ0) is 17.2. The minimum absolute atomic E-state index is 0.0107. The Bertz CT molecular complexity index is 644. The fourth-order valence-corrected chi connectivity index (χ4v) is 2.35. The molecule has 5 heteroatoms. The molecule has 24 heavy (non-hydrogen) atoms. The molecule has 5 nitrogen and oxygen atoms in total. The quantitative estimate of drug-likeness (QED) is 0.809. The highest BCUT2D eigenvalue weighted by Crippen LogP contribution is 2.03. The minimum atomic E-state index is -0.0772. The molecule has 0 saturated heterocycles. The molecule has 0 fully saturated rings. The number of amides is 2. The summed E-state index contributed by atoms with van der Waals surface area (Å²) in [6.07, 6.45) is 2.78. The van der Waals surface area contributed by atoms with Crippen LogP contribution in [0.5, 0.6) is 0 Å². The number of rotatable bonds is 8. The molecule has 0 aliphatic carbocycles. The summed E-state index contributed by atoms with van der Waals surface area (Å²) < 4.78 is 0. The molecule has 126 valence electrons. The van der Waals surface area contributed by atoms with E-state index >= 15 is 0 Å². The Hall–Kier alpha value is -2.69. The first kappa shape index (κ1) is 17.7. The van der Waals surface area contributed by atoms with Gasteiger partial charge in [-0.2, -0.15) is 0 Å². The molecule has 2 amide bonds. The monoisotopic (exact) mass is 325 g/mol. The van der Waals surface area contributed by atoms with Crippen molar-refractivity contribution in [2.45, 2.75) is 26.3 Å². The second kappa shape index (κ2) is 9.45. The van der Waals surface area contributed by atoms with E-state index in [1.54, 1.807) is 11.1 Å². The molecule has 0 unspecified atom stereocenters. The summed E-state index contributed by atoms with van der Waals surface area (Å²) >= 11 is 0. The van der Waals surface area contributed by atoms with Crippen LogP contribution in [0.3, 0.4) is 0 Å². The first-order valence-corrected chi connectivity index (χ1v) is 8.11. The maximum atomic E-state index is 11.9. The second-order valence-corrected chi connectivity index (χ2v) is 5.59. The number of carbonyl (C=O) groups excluding carboxylic acids is 2. The van der Waals surface area contributed by atoms with Gasteiger partial charge in [0.1, 0.15) is 0 Å². The van der Waals surface area contributed by atoms with Crippen molar-refractivity contribution in [3.8, 4) is 0 Å². The number of nitrogens with one attached hydrogen (secondary N) is 1. The van der Waals surface area contributed by atoms with Gasteiger partial charge in [-0.25, -0.2) is 0 Å². The van der Waals surface area contributed by atoms with Crippen molar-refractivity contribution in [1.82, 2.24) is 15.2 Å². The van der Waals surface area contributed by atoms with Crippen LogP contribution < -0.4 is 5.32 Å². The standard InChI is InChI=1S/C19H23N3O2/c1-16(23)22(13-10-17-7-3-2-4-8-17)14-11-19(24)21-15-18-9-5-6-12-20-18/h2-9,12H,10-11,13-15H2,1H3,(H,21,24). The molecule has 0 bridgehead atoms. The van der Waals surface area contributed by atoms with Gasteiger partial charge in [-0.3, -0.25) is 14.6 Å². The Morgan fingerprint density at radius 2 is 1.79 bits per heavy atom. The predicted octanol–water partition coefficient (Wildman–Crippen LogP) is 2.18. The molecule has 0 aliphatic rings. The molecule has 1 aromatic heterocycles. The number of nitrogens with zero attached hydrogens (tertiary/aromatic N) is 2. The molecule has 1 N–H and O–H groups in total. The third kappa shape index (κ3) is 6.20. The van der Waals surface area contributed by atoms with E-state index in [-0.39, 0.29) is 11.8 Å². The topological polar surface area (TPSA) is 62.3 Å². The van der Waals surface area contributed by atoms with Gasteiger partial charge in [0.25, 0.3) is 0 Å². The Labute approximate surface area is 142 Å². The van der Waals surface area contributed by atoms with Crippen molar-refractivity contribution < 1.29 is 9.59 Å². The van der Waals surface area contributed by atoms with Gasteiger partial charge in [-0.1, -0.05) is 36.4 Å². The van der Waals surface area contributed by atoms with Crippen molar-refractivity contribution in [3.63, 3.8) is 0 Å². The zero-order valence-corrected chi connectivity index (χ0v) is 13.9. The van der Waals surface area contributed by atoms with Gasteiger partial charge in [-0.15, -0.1) is 0 Å². The highest BCUT2D eigenvalue weighted by atomic mass is 16.2. The first-order valence-electron chi connectivity index (χ1n) is 8.11. The predicted molar refractivity (Wildman–Crippen MR) is 93.1 cm³/mol. The van der Waals surface area contributed by atoms with Crippen molar-refractivity contribution in [3.05, 3.63) is 66.0 Å². The summed E-state index contributed by atoms with van der Waals surface area (Å²) in [5.74, 6) is -0.0879. The maximum absolute atomic E-state index is 11.9. The van der Waals surface area contributed by atoms with Crippen LogP contribution in [0.1, 0.15) is 24.6 Å². The molecule has 2 rings (SSSR count). The molecular formula is C19H23N3O2. The van der Waals surface area contributed by atoms with E-state index in [4.69, 9.17) is 0 Å². The van der Waals surface area contributed by atoms with E-state index < -0.39 is 0 Å². The average molecular weight is 325 g/mol. The SMILES string of the molecule is CC(=O)N(CCC(=O)NCc1ccccn1)CCc1ccccc1. The summed E-state index contributed by atoms with van der Waals surface area (Å²) in [6.45, 7) is 2.99. The number of carbonyl (C=O) groups is 2. The molecule has 0 radical (unpaired) electrons. The molecule has 1 aromatic carbocycles. The van der Waals surface area contributed by atoms with Crippen LogP contribution in [0.15, 0.2) is 54.7 Å². The molecule has 1 heterocycles. The Morgan fingerprint density at radius 1 is 1.04 bits per heavy atom. The summed E-state index contributed by atoms with van der Waals surface area (Å²) in [5, 5.41) is 2.83. The molecule has 0 atom stereocenters. The lowest BCUT2D eigenvalue weighted by Crippen LogP contribution is -2.35. The summed E-state index contributed by atoms with van der Waals surface area (Å²) in [7, 11) is 0. The second-order valence-electron chi connectivity index (χ2n) is 5.59. The van der Waals surface area contributed by atoms with Gasteiger partial charge in [0.05, 0.1) is 12.2 Å². The number of aromatic nitrogens is 1. The van der Waals surface area contributed by atoms with Gasteiger partial charge < -0.3 is 10.2 Å². The number of hydrogen-bond donors (Lipinski definition) is 1. The van der Waals surface area contributed by atoms with Gasteiger partial charge in [0.2, 0.25) is 11.8 Å². The fourth-order valence-electron chi connectivity index (χ4n) is 2.35. The molecule has 0 aliphatic heterocycles. The van der Waals surface area contributed by atoms with Crippen molar-refractivity contribution >= 4 is 11.8 Å². The number of pyridine rings is 1.